The van der Waals surface area contributed by atoms with Crippen LogP contribution in [0.3, 0.4) is 0 Å². The molecule has 1 aromatic heterocycles. The molecule has 0 aromatic carbocycles. The Hall–Kier alpha value is -0.710. The second kappa shape index (κ2) is 5.57. The second-order valence-electron chi connectivity index (χ2n) is 4.13. The van der Waals surface area contributed by atoms with Gasteiger partial charge in [-0.1, -0.05) is 6.07 Å². The normalized spacial score (nSPS) is 22.2. The third-order valence-corrected chi connectivity index (χ3v) is 3.89. The Morgan fingerprint density at radius 1 is 1.69 bits per heavy atom. The Morgan fingerprint density at radius 3 is 3.19 bits per heavy atom. The summed E-state index contributed by atoms with van der Waals surface area (Å²) in [4.78, 5) is 12.8. The van der Waals surface area contributed by atoms with Gasteiger partial charge in [0.25, 0.3) is 0 Å². The molecule has 16 heavy (non-hydrogen) atoms. The number of hydrogen-bond acceptors (Lipinski definition) is 4. The van der Waals surface area contributed by atoms with Crippen LogP contribution < -0.4 is 5.73 Å². The van der Waals surface area contributed by atoms with Gasteiger partial charge >= 0.3 is 0 Å². The zero-order chi connectivity index (χ0) is 11.4. The van der Waals surface area contributed by atoms with Gasteiger partial charge in [0, 0.05) is 17.9 Å². The highest BCUT2D eigenvalue weighted by atomic mass is 32.1. The molecule has 1 aromatic rings. The summed E-state index contributed by atoms with van der Waals surface area (Å²) < 4.78 is 5.48. The van der Waals surface area contributed by atoms with Gasteiger partial charge in [0.2, 0.25) is 0 Å². The third kappa shape index (κ3) is 2.90. The van der Waals surface area contributed by atoms with Gasteiger partial charge in [-0.3, -0.25) is 4.79 Å². The van der Waals surface area contributed by atoms with E-state index in [1.807, 2.05) is 17.5 Å². The predicted molar refractivity (Wildman–Crippen MR) is 64.5 cm³/mol. The van der Waals surface area contributed by atoms with E-state index < -0.39 is 6.04 Å². The number of ether oxygens (including phenoxy) is 1. The van der Waals surface area contributed by atoms with Crippen LogP contribution in [0.4, 0.5) is 0 Å². The molecule has 2 rings (SSSR count). The molecular weight excluding hydrogens is 222 g/mol. The van der Waals surface area contributed by atoms with Crippen LogP contribution in [0.2, 0.25) is 0 Å². The zero-order valence-corrected chi connectivity index (χ0v) is 10.0. The van der Waals surface area contributed by atoms with Crippen molar-refractivity contribution >= 4 is 17.1 Å². The van der Waals surface area contributed by atoms with Crippen molar-refractivity contribution < 1.29 is 9.53 Å². The first-order valence-corrected chi connectivity index (χ1v) is 6.58. The Bertz CT molecular complexity index is 331. The molecule has 4 heteroatoms. The highest BCUT2D eigenvalue weighted by Gasteiger charge is 2.20. The van der Waals surface area contributed by atoms with E-state index in [1.54, 1.807) is 11.3 Å². The fraction of sp³-hybridized carbons (Fsp3) is 0.583. The summed E-state index contributed by atoms with van der Waals surface area (Å²) in [6.07, 6.45) is 3.83. The maximum absolute atomic E-state index is 11.8. The van der Waals surface area contributed by atoms with Crippen molar-refractivity contribution in [2.75, 3.05) is 6.61 Å². The fourth-order valence-electron chi connectivity index (χ4n) is 1.96. The van der Waals surface area contributed by atoms with Crippen LogP contribution in [-0.4, -0.2) is 18.5 Å². The molecular formula is C12H17NO2S. The number of thiophene rings is 1. The van der Waals surface area contributed by atoms with Crippen LogP contribution in [0.1, 0.15) is 36.6 Å². The Morgan fingerprint density at radius 2 is 2.56 bits per heavy atom. The standard InChI is InChI=1S/C12H17NO2S/c13-12(11-4-2-8-16-11)10(14)6-5-9-3-1-7-15-9/h2,4,8-9,12H,1,3,5-7,13H2. The molecule has 0 radical (unpaired) electrons. The van der Waals surface area contributed by atoms with Crippen LogP contribution in [0.5, 0.6) is 0 Å². The van der Waals surface area contributed by atoms with Crippen molar-refractivity contribution in [3.63, 3.8) is 0 Å². The summed E-state index contributed by atoms with van der Waals surface area (Å²) in [5.41, 5.74) is 5.89. The summed E-state index contributed by atoms with van der Waals surface area (Å²) in [7, 11) is 0. The highest BCUT2D eigenvalue weighted by molar-refractivity contribution is 7.10. The molecule has 2 heterocycles. The Labute approximate surface area is 99.6 Å². The molecule has 88 valence electrons. The number of hydrogen-bond donors (Lipinski definition) is 1. The Balaban J connectivity index is 1.79. The van der Waals surface area contributed by atoms with Crippen LogP contribution in [0.15, 0.2) is 17.5 Å². The molecule has 2 N–H and O–H groups in total. The van der Waals surface area contributed by atoms with Crippen molar-refractivity contribution in [3.05, 3.63) is 22.4 Å². The quantitative estimate of drug-likeness (QED) is 0.857. The second-order valence-corrected chi connectivity index (χ2v) is 5.11. The minimum absolute atomic E-state index is 0.123. The smallest absolute Gasteiger partial charge is 0.154 e. The molecule has 1 fully saturated rings. The molecule has 0 amide bonds. The Kier molecular flexibility index (Phi) is 4.09. The zero-order valence-electron chi connectivity index (χ0n) is 9.22. The number of Topliss-reactive ketones (excluding diaryl/α,β-unsaturated/α-hetero) is 1. The topological polar surface area (TPSA) is 52.3 Å². The van der Waals surface area contributed by atoms with E-state index in [0.29, 0.717) is 6.42 Å². The monoisotopic (exact) mass is 239 g/mol. The predicted octanol–water partition coefficient (Wildman–Crippen LogP) is 2.28. The number of carbonyl (C=O) groups is 1. The van der Waals surface area contributed by atoms with E-state index in [9.17, 15) is 4.79 Å². The molecule has 0 bridgehead atoms. The first-order chi connectivity index (χ1) is 7.77. The average molecular weight is 239 g/mol. The maximum Gasteiger partial charge on any atom is 0.154 e. The van der Waals surface area contributed by atoms with Gasteiger partial charge in [-0.2, -0.15) is 0 Å². The van der Waals surface area contributed by atoms with Crippen LogP contribution in [0, 0.1) is 0 Å². The van der Waals surface area contributed by atoms with Gasteiger partial charge in [-0.15, -0.1) is 11.3 Å². The summed E-state index contributed by atoms with van der Waals surface area (Å²) in [5, 5.41) is 1.95. The summed E-state index contributed by atoms with van der Waals surface area (Å²) in [6, 6.07) is 3.40. The van der Waals surface area contributed by atoms with Crippen LogP contribution in [0.25, 0.3) is 0 Å². The summed E-state index contributed by atoms with van der Waals surface area (Å²) >= 11 is 1.54. The lowest BCUT2D eigenvalue weighted by molar-refractivity contribution is -0.121. The van der Waals surface area contributed by atoms with E-state index in [1.165, 1.54) is 0 Å². The van der Waals surface area contributed by atoms with Crippen LogP contribution in [-0.2, 0) is 9.53 Å². The largest absolute Gasteiger partial charge is 0.378 e. The lowest BCUT2D eigenvalue weighted by Crippen LogP contribution is -2.21. The van der Waals surface area contributed by atoms with E-state index in [0.717, 1.165) is 30.7 Å². The van der Waals surface area contributed by atoms with E-state index in [2.05, 4.69) is 0 Å². The molecule has 0 saturated carbocycles. The lowest BCUT2D eigenvalue weighted by atomic mass is 10.0. The number of rotatable bonds is 5. The number of carbonyl (C=O) groups excluding carboxylic acids is 1. The molecule has 3 nitrogen and oxygen atoms in total. The lowest BCUT2D eigenvalue weighted by Gasteiger charge is -2.11. The third-order valence-electron chi connectivity index (χ3n) is 2.93. The van der Waals surface area contributed by atoms with Crippen molar-refractivity contribution in [1.82, 2.24) is 0 Å². The first-order valence-electron chi connectivity index (χ1n) is 5.70. The van der Waals surface area contributed by atoms with Crippen molar-refractivity contribution in [2.24, 2.45) is 5.73 Å². The number of ketones is 1. The first kappa shape index (κ1) is 11.8. The molecule has 1 aliphatic heterocycles. The van der Waals surface area contributed by atoms with Gasteiger partial charge in [0.1, 0.15) is 0 Å². The molecule has 2 atom stereocenters. The van der Waals surface area contributed by atoms with E-state index >= 15 is 0 Å². The van der Waals surface area contributed by atoms with Gasteiger partial charge in [-0.25, -0.2) is 0 Å². The van der Waals surface area contributed by atoms with E-state index in [4.69, 9.17) is 10.5 Å². The van der Waals surface area contributed by atoms with Crippen molar-refractivity contribution in [3.8, 4) is 0 Å². The SMILES string of the molecule is NC(C(=O)CCC1CCCO1)c1cccs1. The summed E-state index contributed by atoms with van der Waals surface area (Å²) in [6.45, 7) is 0.843. The van der Waals surface area contributed by atoms with Gasteiger partial charge in [0.05, 0.1) is 12.1 Å². The van der Waals surface area contributed by atoms with Gasteiger partial charge in [-0.05, 0) is 30.7 Å². The van der Waals surface area contributed by atoms with Gasteiger partial charge in [0.15, 0.2) is 5.78 Å². The minimum atomic E-state index is -0.443. The molecule has 0 aliphatic carbocycles. The molecule has 1 saturated heterocycles. The number of nitrogens with two attached hydrogens (primary N) is 1. The highest BCUT2D eigenvalue weighted by Crippen LogP contribution is 2.22. The fourth-order valence-corrected chi connectivity index (χ4v) is 2.71. The summed E-state index contributed by atoms with van der Waals surface area (Å²) in [5.74, 6) is 0.123. The van der Waals surface area contributed by atoms with Crippen molar-refractivity contribution in [1.29, 1.82) is 0 Å². The minimum Gasteiger partial charge on any atom is -0.378 e. The molecule has 0 spiro atoms. The molecule has 1 aliphatic rings. The average Bonchev–Trinajstić information content (AvgIpc) is 2.96. The van der Waals surface area contributed by atoms with Gasteiger partial charge < -0.3 is 10.5 Å². The van der Waals surface area contributed by atoms with Crippen molar-refractivity contribution in [2.45, 2.75) is 37.8 Å². The van der Waals surface area contributed by atoms with Crippen LogP contribution >= 0.6 is 11.3 Å². The molecule has 2 unspecified atom stereocenters. The van der Waals surface area contributed by atoms with E-state index in [-0.39, 0.29) is 11.9 Å². The maximum atomic E-state index is 11.8.